The van der Waals surface area contributed by atoms with Crippen LogP contribution >= 0.6 is 0 Å². The summed E-state index contributed by atoms with van der Waals surface area (Å²) in [5, 5.41) is 2.24. The molecule has 10 aromatic rings. The van der Waals surface area contributed by atoms with Crippen molar-refractivity contribution < 1.29 is 4.74 Å². The van der Waals surface area contributed by atoms with E-state index in [1.807, 2.05) is 0 Å². The van der Waals surface area contributed by atoms with E-state index in [0.717, 1.165) is 67.5 Å². The second-order valence-corrected chi connectivity index (χ2v) is 17.4. The van der Waals surface area contributed by atoms with Crippen LogP contribution in [-0.4, -0.2) is 0 Å². The number of hydrogen-bond acceptors (Lipinski definition) is 3. The molecule has 3 heteroatoms. The van der Waals surface area contributed by atoms with Gasteiger partial charge < -0.3 is 14.5 Å². The minimum absolute atomic E-state index is 0.143. The molecule has 0 radical (unpaired) electrons. The summed E-state index contributed by atoms with van der Waals surface area (Å²) in [7, 11) is 0. The molecule has 0 amide bonds. The molecule has 0 saturated carbocycles. The number of rotatable bonds is 8. The van der Waals surface area contributed by atoms with E-state index < -0.39 is 0 Å². The zero-order chi connectivity index (χ0) is 42.8. The average molecular weight is 821 g/mol. The van der Waals surface area contributed by atoms with Crippen molar-refractivity contribution in [3.8, 4) is 56.0 Å². The van der Waals surface area contributed by atoms with Gasteiger partial charge in [-0.25, -0.2) is 0 Å². The van der Waals surface area contributed by atoms with E-state index in [4.69, 9.17) is 4.74 Å². The molecule has 12 rings (SSSR count). The van der Waals surface area contributed by atoms with E-state index in [-0.39, 0.29) is 5.41 Å². The standard InChI is InChI=1S/C61H44N2O/c1-61(2)56-24-13-12-22-52(56)53-35-33-50(39-57(53)61)63(48-31-29-44(30-32-48)43-27-25-42(26-28-43)41-15-6-3-7-16-41)51-37-45-17-14-23-54-55-38-49(34-36-58(55)64-59(40-51)60(45)54)62(46-18-8-4-9-19-46)47-20-10-5-11-21-47/h3-40H,1-2H3. The number of benzene rings is 10. The highest BCUT2D eigenvalue weighted by molar-refractivity contribution is 6.07. The summed E-state index contributed by atoms with van der Waals surface area (Å²) in [4.78, 5) is 4.70. The Hall–Kier alpha value is -8.14. The maximum Gasteiger partial charge on any atom is 0.138 e. The highest BCUT2D eigenvalue weighted by atomic mass is 16.5. The van der Waals surface area contributed by atoms with E-state index in [1.165, 1.54) is 44.5 Å². The molecule has 64 heavy (non-hydrogen) atoms. The SMILES string of the molecule is CC1(C)c2ccccc2-c2ccc(N(c3ccc(-c4ccc(-c5ccccc5)cc4)cc3)c3cc4c5c(cccc5c3)-c3cc(N(c5ccccc5)c5ccccc5)ccc3O4)cc21. The average Bonchev–Trinajstić information content (AvgIpc) is 3.58. The summed E-state index contributed by atoms with van der Waals surface area (Å²) in [6.45, 7) is 4.70. The maximum atomic E-state index is 6.98. The fraction of sp³-hybridized carbons (Fsp3) is 0.0492. The second kappa shape index (κ2) is 15.0. The highest BCUT2D eigenvalue weighted by Gasteiger charge is 2.36. The first-order valence-electron chi connectivity index (χ1n) is 22.1. The van der Waals surface area contributed by atoms with Crippen LogP contribution in [0.3, 0.4) is 0 Å². The minimum Gasteiger partial charge on any atom is -0.456 e. The Morgan fingerprint density at radius 2 is 0.812 bits per heavy atom. The van der Waals surface area contributed by atoms with Gasteiger partial charge in [-0.2, -0.15) is 0 Å². The molecule has 1 aliphatic heterocycles. The lowest BCUT2D eigenvalue weighted by atomic mass is 9.82. The van der Waals surface area contributed by atoms with Crippen molar-refractivity contribution in [1.82, 2.24) is 0 Å². The fourth-order valence-electron chi connectivity index (χ4n) is 10.1. The van der Waals surface area contributed by atoms with E-state index in [0.29, 0.717) is 0 Å². The summed E-state index contributed by atoms with van der Waals surface area (Å²) in [6, 6.07) is 83.1. The molecule has 0 unspecified atom stereocenters. The van der Waals surface area contributed by atoms with Crippen LogP contribution in [0.4, 0.5) is 34.1 Å². The van der Waals surface area contributed by atoms with Crippen molar-refractivity contribution in [3.05, 3.63) is 242 Å². The summed E-state index contributed by atoms with van der Waals surface area (Å²) >= 11 is 0. The van der Waals surface area contributed by atoms with Gasteiger partial charge in [0.2, 0.25) is 0 Å². The molecular weight excluding hydrogens is 777 g/mol. The fourth-order valence-corrected chi connectivity index (χ4v) is 10.1. The van der Waals surface area contributed by atoms with Crippen LogP contribution in [0, 0.1) is 0 Å². The molecule has 1 aliphatic carbocycles. The Labute approximate surface area is 374 Å². The van der Waals surface area contributed by atoms with E-state index in [2.05, 4.69) is 254 Å². The summed E-state index contributed by atoms with van der Waals surface area (Å²) in [6.07, 6.45) is 0. The quantitative estimate of drug-likeness (QED) is 0.152. The van der Waals surface area contributed by atoms with E-state index in [9.17, 15) is 0 Å². The number of anilines is 6. The molecule has 0 N–H and O–H groups in total. The third-order valence-corrected chi connectivity index (χ3v) is 13.2. The molecule has 0 fully saturated rings. The predicted molar refractivity (Wildman–Crippen MR) is 267 cm³/mol. The smallest absolute Gasteiger partial charge is 0.138 e. The van der Waals surface area contributed by atoms with E-state index >= 15 is 0 Å². The summed E-state index contributed by atoms with van der Waals surface area (Å²) in [5.74, 6) is 1.69. The predicted octanol–water partition coefficient (Wildman–Crippen LogP) is 17.2. The van der Waals surface area contributed by atoms with Gasteiger partial charge in [-0.3, -0.25) is 0 Å². The molecule has 0 aromatic heterocycles. The Balaban J connectivity index is 0.971. The van der Waals surface area contributed by atoms with Crippen LogP contribution in [0.5, 0.6) is 11.5 Å². The lowest BCUT2D eigenvalue weighted by Gasteiger charge is -2.30. The van der Waals surface area contributed by atoms with Crippen LogP contribution in [0.25, 0.3) is 55.3 Å². The Morgan fingerprint density at radius 1 is 0.312 bits per heavy atom. The van der Waals surface area contributed by atoms with Crippen LogP contribution < -0.4 is 14.5 Å². The van der Waals surface area contributed by atoms with Crippen molar-refractivity contribution in [3.63, 3.8) is 0 Å². The van der Waals surface area contributed by atoms with Gasteiger partial charge in [0.05, 0.1) is 5.69 Å². The number of hydrogen-bond donors (Lipinski definition) is 0. The van der Waals surface area contributed by atoms with Crippen molar-refractivity contribution in [2.24, 2.45) is 0 Å². The Kier molecular flexibility index (Phi) is 8.84. The molecule has 0 saturated heterocycles. The molecule has 0 spiro atoms. The Bertz CT molecular complexity index is 3320. The third kappa shape index (κ3) is 6.28. The molecule has 304 valence electrons. The van der Waals surface area contributed by atoms with E-state index in [1.54, 1.807) is 0 Å². The zero-order valence-electron chi connectivity index (χ0n) is 35.7. The molecular formula is C61H44N2O. The molecule has 10 aromatic carbocycles. The number of para-hydroxylation sites is 2. The maximum absolute atomic E-state index is 6.98. The van der Waals surface area contributed by atoms with Gasteiger partial charge in [-0.05, 0) is 128 Å². The topological polar surface area (TPSA) is 15.7 Å². The first-order valence-corrected chi connectivity index (χ1v) is 22.1. The Morgan fingerprint density at radius 3 is 1.50 bits per heavy atom. The highest BCUT2D eigenvalue weighted by Crippen LogP contribution is 2.53. The molecule has 0 atom stereocenters. The normalized spacial score (nSPS) is 12.8. The van der Waals surface area contributed by atoms with Crippen LogP contribution in [0.15, 0.2) is 231 Å². The number of nitrogens with zero attached hydrogens (tertiary/aromatic N) is 2. The van der Waals surface area contributed by atoms with Gasteiger partial charge in [-0.1, -0.05) is 166 Å². The molecule has 1 heterocycles. The van der Waals surface area contributed by atoms with Crippen LogP contribution in [-0.2, 0) is 5.41 Å². The first-order chi connectivity index (χ1) is 31.5. The molecule has 0 bridgehead atoms. The van der Waals surface area contributed by atoms with Gasteiger partial charge in [0.25, 0.3) is 0 Å². The van der Waals surface area contributed by atoms with Gasteiger partial charge in [0.1, 0.15) is 11.5 Å². The largest absolute Gasteiger partial charge is 0.456 e. The van der Waals surface area contributed by atoms with Crippen LogP contribution in [0.1, 0.15) is 25.0 Å². The number of ether oxygens (including phenoxy) is 1. The number of fused-ring (bicyclic) bond motifs is 5. The lowest BCUT2D eigenvalue weighted by molar-refractivity contribution is 0.487. The van der Waals surface area contributed by atoms with Crippen molar-refractivity contribution in [1.29, 1.82) is 0 Å². The van der Waals surface area contributed by atoms with Crippen molar-refractivity contribution in [2.75, 3.05) is 9.80 Å². The first kappa shape index (κ1) is 37.6. The zero-order valence-corrected chi connectivity index (χ0v) is 35.7. The van der Waals surface area contributed by atoms with Crippen molar-refractivity contribution >= 4 is 44.9 Å². The summed E-state index contributed by atoms with van der Waals surface area (Å²) in [5.41, 5.74) is 18.7. The minimum atomic E-state index is -0.143. The lowest BCUT2D eigenvalue weighted by Crippen LogP contribution is -2.16. The van der Waals surface area contributed by atoms with Crippen LogP contribution in [0.2, 0.25) is 0 Å². The van der Waals surface area contributed by atoms with Gasteiger partial charge >= 0.3 is 0 Å². The monoisotopic (exact) mass is 820 g/mol. The summed E-state index contributed by atoms with van der Waals surface area (Å²) < 4.78 is 6.98. The van der Waals surface area contributed by atoms with Gasteiger partial charge in [0, 0.05) is 50.9 Å². The third-order valence-electron chi connectivity index (χ3n) is 13.2. The molecule has 3 nitrogen and oxygen atoms in total. The van der Waals surface area contributed by atoms with Gasteiger partial charge in [0.15, 0.2) is 0 Å². The second-order valence-electron chi connectivity index (χ2n) is 17.4. The van der Waals surface area contributed by atoms with Crippen molar-refractivity contribution in [2.45, 2.75) is 19.3 Å². The molecule has 2 aliphatic rings. The van der Waals surface area contributed by atoms with Gasteiger partial charge in [-0.15, -0.1) is 0 Å².